The maximum atomic E-state index is 4.75. The molecule has 1 fully saturated rings. The molecule has 0 aromatic carbocycles. The van der Waals surface area contributed by atoms with Crippen molar-refractivity contribution in [3.8, 4) is 0 Å². The molecule has 0 bridgehead atoms. The molecule has 1 N–H and O–H groups in total. The van der Waals surface area contributed by atoms with Crippen LogP contribution < -0.4 is 5.32 Å². The van der Waals surface area contributed by atoms with Gasteiger partial charge in [-0.25, -0.2) is 0 Å². The van der Waals surface area contributed by atoms with Gasteiger partial charge in [0.25, 0.3) is 0 Å². The summed E-state index contributed by atoms with van der Waals surface area (Å²) in [5, 5.41) is 8.32. The molecule has 1 aliphatic rings. The molecular weight excluding hydrogens is 246 g/mol. The lowest BCUT2D eigenvalue weighted by Crippen LogP contribution is -2.33. The first-order valence-electron chi connectivity index (χ1n) is 8.24. The highest BCUT2D eigenvalue weighted by atomic mass is 15.3. The second-order valence-electron chi connectivity index (χ2n) is 7.33. The fourth-order valence-corrected chi connectivity index (χ4v) is 2.74. The van der Waals surface area contributed by atoms with Crippen LogP contribution in [0.25, 0.3) is 0 Å². The van der Waals surface area contributed by atoms with Crippen molar-refractivity contribution in [2.75, 3.05) is 6.54 Å². The van der Waals surface area contributed by atoms with Gasteiger partial charge in [-0.2, -0.15) is 5.10 Å². The van der Waals surface area contributed by atoms with E-state index in [-0.39, 0.29) is 0 Å². The summed E-state index contributed by atoms with van der Waals surface area (Å²) in [6.07, 6.45) is 8.89. The fraction of sp³-hybridized carbons (Fsp3) is 0.824. The Hall–Kier alpha value is -0.830. The number of aromatic nitrogens is 2. The molecule has 114 valence electrons. The number of nitrogens with one attached hydrogen (secondary N) is 1. The average Bonchev–Trinajstić information content (AvgIpc) is 2.88. The average molecular weight is 277 g/mol. The van der Waals surface area contributed by atoms with Crippen molar-refractivity contribution >= 4 is 0 Å². The number of rotatable bonds is 6. The Kier molecular flexibility index (Phi) is 5.25. The molecule has 1 saturated carbocycles. The molecule has 1 aromatic heterocycles. The molecular formula is C17H31N3. The van der Waals surface area contributed by atoms with Gasteiger partial charge in [0, 0.05) is 19.3 Å². The van der Waals surface area contributed by atoms with Gasteiger partial charge >= 0.3 is 0 Å². The molecule has 20 heavy (non-hydrogen) atoms. The summed E-state index contributed by atoms with van der Waals surface area (Å²) >= 11 is 0. The molecule has 0 amide bonds. The minimum absolute atomic E-state index is 0.339. The molecule has 0 radical (unpaired) electrons. The van der Waals surface area contributed by atoms with E-state index >= 15 is 0 Å². The first kappa shape index (κ1) is 15.6. The van der Waals surface area contributed by atoms with Crippen LogP contribution in [0, 0.1) is 11.3 Å². The number of hydrogen-bond acceptors (Lipinski definition) is 2. The van der Waals surface area contributed by atoms with E-state index in [2.05, 4.69) is 50.0 Å². The van der Waals surface area contributed by atoms with Crippen molar-refractivity contribution in [3.05, 3.63) is 18.0 Å². The molecule has 0 spiro atoms. The third-order valence-electron chi connectivity index (χ3n) is 5.06. The summed E-state index contributed by atoms with van der Waals surface area (Å²) in [5.74, 6) is 0.690. The lowest BCUT2D eigenvalue weighted by atomic mass is 9.81. The second-order valence-corrected chi connectivity index (χ2v) is 7.33. The molecule has 3 heteroatoms. The van der Waals surface area contributed by atoms with Crippen LogP contribution in [0.1, 0.15) is 71.5 Å². The van der Waals surface area contributed by atoms with Gasteiger partial charge in [-0.3, -0.25) is 4.68 Å². The first-order chi connectivity index (χ1) is 9.49. The molecule has 2 rings (SSSR count). The van der Waals surface area contributed by atoms with Crippen LogP contribution in [0.5, 0.6) is 0 Å². The predicted octanol–water partition coefficient (Wildman–Crippen LogP) is 4.16. The third-order valence-corrected chi connectivity index (χ3v) is 5.06. The smallest absolute Gasteiger partial charge is 0.0762 e. The summed E-state index contributed by atoms with van der Waals surface area (Å²) in [5.41, 5.74) is 1.52. The van der Waals surface area contributed by atoms with E-state index in [1.807, 2.05) is 0 Å². The van der Waals surface area contributed by atoms with E-state index in [1.165, 1.54) is 37.8 Å². The van der Waals surface area contributed by atoms with E-state index in [9.17, 15) is 0 Å². The zero-order valence-electron chi connectivity index (χ0n) is 13.7. The Morgan fingerprint density at radius 3 is 2.65 bits per heavy atom. The van der Waals surface area contributed by atoms with Gasteiger partial charge in [0.15, 0.2) is 0 Å². The lowest BCUT2D eigenvalue weighted by Gasteiger charge is -2.29. The van der Waals surface area contributed by atoms with Gasteiger partial charge in [-0.05, 0) is 30.2 Å². The molecule has 1 heterocycles. The first-order valence-corrected chi connectivity index (χ1v) is 8.24. The summed E-state index contributed by atoms with van der Waals surface area (Å²) < 4.78 is 2.20. The largest absolute Gasteiger partial charge is 0.311 e. The van der Waals surface area contributed by atoms with E-state index in [1.54, 1.807) is 0 Å². The standard InChI is InChI=1S/C17H31N3/c1-14(2)17(3,4)13-18-12-15-10-11-20(19-15)16-8-6-5-7-9-16/h10-11,14,16,18H,5-9,12-13H2,1-4H3. The minimum atomic E-state index is 0.339. The summed E-state index contributed by atoms with van der Waals surface area (Å²) in [4.78, 5) is 0. The molecule has 1 aromatic rings. The van der Waals surface area contributed by atoms with Gasteiger partial charge in [-0.15, -0.1) is 0 Å². The normalized spacial score (nSPS) is 17.9. The van der Waals surface area contributed by atoms with Gasteiger partial charge in [-0.1, -0.05) is 47.0 Å². The Morgan fingerprint density at radius 1 is 1.30 bits per heavy atom. The summed E-state index contributed by atoms with van der Waals surface area (Å²) in [6, 6.07) is 2.81. The van der Waals surface area contributed by atoms with Crippen molar-refractivity contribution in [3.63, 3.8) is 0 Å². The summed E-state index contributed by atoms with van der Waals surface area (Å²) in [7, 11) is 0. The Morgan fingerprint density at radius 2 is 2.00 bits per heavy atom. The lowest BCUT2D eigenvalue weighted by molar-refractivity contribution is 0.237. The van der Waals surface area contributed by atoms with Crippen LogP contribution in [0.3, 0.4) is 0 Å². The fourth-order valence-electron chi connectivity index (χ4n) is 2.74. The zero-order valence-corrected chi connectivity index (χ0v) is 13.7. The van der Waals surface area contributed by atoms with Crippen LogP contribution in [0.2, 0.25) is 0 Å². The van der Waals surface area contributed by atoms with Gasteiger partial charge in [0.05, 0.1) is 11.7 Å². The van der Waals surface area contributed by atoms with E-state index in [0.717, 1.165) is 13.1 Å². The van der Waals surface area contributed by atoms with Crippen molar-refractivity contribution in [2.24, 2.45) is 11.3 Å². The van der Waals surface area contributed by atoms with Crippen molar-refractivity contribution in [2.45, 2.75) is 72.4 Å². The van der Waals surface area contributed by atoms with Crippen LogP contribution in [0.4, 0.5) is 0 Å². The topological polar surface area (TPSA) is 29.9 Å². The highest BCUT2D eigenvalue weighted by Gasteiger charge is 2.21. The SMILES string of the molecule is CC(C)C(C)(C)CNCc1ccn(C2CCCCC2)n1. The predicted molar refractivity (Wildman–Crippen MR) is 84.7 cm³/mol. The van der Waals surface area contributed by atoms with E-state index < -0.39 is 0 Å². The number of nitrogens with zero attached hydrogens (tertiary/aromatic N) is 2. The molecule has 0 aliphatic heterocycles. The second kappa shape index (κ2) is 6.75. The van der Waals surface area contributed by atoms with Gasteiger partial charge in [0.2, 0.25) is 0 Å². The molecule has 0 saturated heterocycles. The molecule has 0 atom stereocenters. The molecule has 1 aliphatic carbocycles. The van der Waals surface area contributed by atoms with Crippen LogP contribution in [0.15, 0.2) is 12.3 Å². The zero-order chi connectivity index (χ0) is 14.6. The Balaban J connectivity index is 1.81. The Labute approximate surface area is 124 Å². The Bertz CT molecular complexity index is 400. The summed E-state index contributed by atoms with van der Waals surface area (Å²) in [6.45, 7) is 11.2. The van der Waals surface area contributed by atoms with Crippen LogP contribution in [-0.2, 0) is 6.54 Å². The minimum Gasteiger partial charge on any atom is -0.311 e. The van der Waals surface area contributed by atoms with Crippen molar-refractivity contribution < 1.29 is 0 Å². The quantitative estimate of drug-likeness (QED) is 0.846. The molecule has 0 unspecified atom stereocenters. The maximum absolute atomic E-state index is 4.75. The number of hydrogen-bond donors (Lipinski definition) is 1. The highest BCUT2D eigenvalue weighted by molar-refractivity contribution is 5.00. The van der Waals surface area contributed by atoms with Crippen LogP contribution in [-0.4, -0.2) is 16.3 Å². The third kappa shape index (κ3) is 4.08. The van der Waals surface area contributed by atoms with E-state index in [0.29, 0.717) is 17.4 Å². The van der Waals surface area contributed by atoms with Crippen molar-refractivity contribution in [1.29, 1.82) is 0 Å². The maximum Gasteiger partial charge on any atom is 0.0762 e. The van der Waals surface area contributed by atoms with E-state index in [4.69, 9.17) is 5.10 Å². The van der Waals surface area contributed by atoms with Crippen LogP contribution >= 0.6 is 0 Å². The molecule has 3 nitrogen and oxygen atoms in total. The highest BCUT2D eigenvalue weighted by Crippen LogP contribution is 2.27. The van der Waals surface area contributed by atoms with Gasteiger partial charge < -0.3 is 5.32 Å². The van der Waals surface area contributed by atoms with Crippen molar-refractivity contribution in [1.82, 2.24) is 15.1 Å². The van der Waals surface area contributed by atoms with Gasteiger partial charge in [0.1, 0.15) is 0 Å². The monoisotopic (exact) mass is 277 g/mol.